The number of pyridine rings is 1. The van der Waals surface area contributed by atoms with Crippen LogP contribution in [0.15, 0.2) is 41.2 Å². The molecule has 1 aromatic heterocycles. The maximum atomic E-state index is 13.1. The highest BCUT2D eigenvalue weighted by Gasteiger charge is 2.10. The van der Waals surface area contributed by atoms with Gasteiger partial charge >= 0.3 is 0 Å². The van der Waals surface area contributed by atoms with E-state index < -0.39 is 0 Å². The van der Waals surface area contributed by atoms with Crippen molar-refractivity contribution in [2.75, 3.05) is 0 Å². The Morgan fingerprint density at radius 2 is 1.82 bits per heavy atom. The molecule has 0 aliphatic heterocycles. The van der Waals surface area contributed by atoms with E-state index in [4.69, 9.17) is 5.26 Å². The zero-order valence-corrected chi connectivity index (χ0v) is 12.7. The third-order valence-electron chi connectivity index (χ3n) is 3.67. The fourth-order valence-corrected chi connectivity index (χ4v) is 2.45. The Kier molecular flexibility index (Phi) is 5.48. The predicted molar refractivity (Wildman–Crippen MR) is 85.0 cm³/mol. The standard InChI is InChI=1S/C18H19FN2O/c1-2-3-4-5-12-21-17(11-8-15(13-20)18(21)22)14-6-9-16(19)10-7-14/h6-11H,2-5,12H2,1H3. The molecule has 2 aromatic rings. The van der Waals surface area contributed by atoms with Gasteiger partial charge in [-0.05, 0) is 48.4 Å². The number of aromatic nitrogens is 1. The Morgan fingerprint density at radius 3 is 2.45 bits per heavy atom. The summed E-state index contributed by atoms with van der Waals surface area (Å²) in [6.07, 6.45) is 4.18. The summed E-state index contributed by atoms with van der Waals surface area (Å²) < 4.78 is 14.7. The summed E-state index contributed by atoms with van der Waals surface area (Å²) in [7, 11) is 0. The number of nitrogens with zero attached hydrogens (tertiary/aromatic N) is 2. The lowest BCUT2D eigenvalue weighted by Gasteiger charge is -2.13. The summed E-state index contributed by atoms with van der Waals surface area (Å²) >= 11 is 0. The first kappa shape index (κ1) is 16.0. The van der Waals surface area contributed by atoms with Crippen molar-refractivity contribution in [1.82, 2.24) is 4.57 Å². The van der Waals surface area contributed by atoms with E-state index in [1.165, 1.54) is 18.2 Å². The minimum absolute atomic E-state index is 0.140. The summed E-state index contributed by atoms with van der Waals surface area (Å²) in [6.45, 7) is 2.70. The van der Waals surface area contributed by atoms with Crippen molar-refractivity contribution in [3.05, 3.63) is 58.1 Å². The fraction of sp³-hybridized carbons (Fsp3) is 0.333. The van der Waals surface area contributed by atoms with Gasteiger partial charge in [-0.1, -0.05) is 26.2 Å². The molecule has 0 spiro atoms. The number of hydrogen-bond donors (Lipinski definition) is 0. The summed E-state index contributed by atoms with van der Waals surface area (Å²) in [5, 5.41) is 9.04. The molecule has 0 aliphatic rings. The summed E-state index contributed by atoms with van der Waals surface area (Å²) in [6, 6.07) is 11.3. The molecule has 2 rings (SSSR count). The highest BCUT2D eigenvalue weighted by Crippen LogP contribution is 2.19. The van der Waals surface area contributed by atoms with Crippen LogP contribution in [0.5, 0.6) is 0 Å². The van der Waals surface area contributed by atoms with Gasteiger partial charge in [0.25, 0.3) is 5.56 Å². The van der Waals surface area contributed by atoms with E-state index >= 15 is 0 Å². The van der Waals surface area contributed by atoms with Crippen LogP contribution in [0.4, 0.5) is 4.39 Å². The lowest BCUT2D eigenvalue weighted by atomic mass is 10.1. The van der Waals surface area contributed by atoms with Gasteiger partial charge in [0, 0.05) is 6.54 Å². The summed E-state index contributed by atoms with van der Waals surface area (Å²) in [5.41, 5.74) is 1.36. The van der Waals surface area contributed by atoms with E-state index in [0.717, 1.165) is 36.9 Å². The average molecular weight is 298 g/mol. The Morgan fingerprint density at radius 1 is 1.09 bits per heavy atom. The van der Waals surface area contributed by atoms with E-state index in [2.05, 4.69) is 6.92 Å². The molecule has 4 heteroatoms. The van der Waals surface area contributed by atoms with Crippen molar-refractivity contribution >= 4 is 0 Å². The third-order valence-corrected chi connectivity index (χ3v) is 3.67. The van der Waals surface area contributed by atoms with Crippen molar-refractivity contribution in [3.63, 3.8) is 0 Å². The van der Waals surface area contributed by atoms with Crippen LogP contribution in [-0.2, 0) is 6.54 Å². The molecule has 0 saturated heterocycles. The largest absolute Gasteiger partial charge is 0.307 e. The first-order valence-corrected chi connectivity index (χ1v) is 7.57. The molecule has 0 bridgehead atoms. The lowest BCUT2D eigenvalue weighted by molar-refractivity contribution is 0.573. The summed E-state index contributed by atoms with van der Waals surface area (Å²) in [5.74, 6) is -0.311. The van der Waals surface area contributed by atoms with E-state index in [1.54, 1.807) is 22.8 Å². The van der Waals surface area contributed by atoms with E-state index in [-0.39, 0.29) is 16.9 Å². The van der Waals surface area contributed by atoms with Crippen molar-refractivity contribution < 1.29 is 4.39 Å². The van der Waals surface area contributed by atoms with Crippen LogP contribution in [0.3, 0.4) is 0 Å². The van der Waals surface area contributed by atoms with Crippen molar-refractivity contribution in [2.24, 2.45) is 0 Å². The second-order valence-electron chi connectivity index (χ2n) is 5.27. The highest BCUT2D eigenvalue weighted by molar-refractivity contribution is 5.60. The van der Waals surface area contributed by atoms with E-state index in [1.807, 2.05) is 6.07 Å². The monoisotopic (exact) mass is 298 g/mol. The lowest BCUT2D eigenvalue weighted by Crippen LogP contribution is -2.24. The van der Waals surface area contributed by atoms with Crippen LogP contribution < -0.4 is 5.56 Å². The normalized spacial score (nSPS) is 10.4. The van der Waals surface area contributed by atoms with E-state index in [0.29, 0.717) is 6.54 Å². The molecule has 0 N–H and O–H groups in total. The first-order chi connectivity index (χ1) is 10.7. The molecule has 0 aliphatic carbocycles. The number of rotatable bonds is 6. The van der Waals surface area contributed by atoms with Gasteiger partial charge in [-0.2, -0.15) is 5.26 Å². The minimum Gasteiger partial charge on any atom is -0.307 e. The highest BCUT2D eigenvalue weighted by atomic mass is 19.1. The smallest absolute Gasteiger partial charge is 0.268 e. The predicted octanol–water partition coefficient (Wildman–Crippen LogP) is 4.11. The van der Waals surface area contributed by atoms with Crippen LogP contribution in [0.25, 0.3) is 11.3 Å². The fourth-order valence-electron chi connectivity index (χ4n) is 2.45. The number of nitriles is 1. The number of hydrogen-bond acceptors (Lipinski definition) is 2. The molecule has 1 heterocycles. The molecule has 0 amide bonds. The zero-order chi connectivity index (χ0) is 15.9. The molecule has 0 saturated carbocycles. The second kappa shape index (κ2) is 7.56. The maximum Gasteiger partial charge on any atom is 0.268 e. The van der Waals surface area contributed by atoms with Gasteiger partial charge in [0.2, 0.25) is 0 Å². The average Bonchev–Trinajstić information content (AvgIpc) is 2.53. The molecule has 1 aromatic carbocycles. The Bertz CT molecular complexity index is 726. The molecule has 0 fully saturated rings. The Labute approximate surface area is 129 Å². The van der Waals surface area contributed by atoms with Crippen LogP contribution in [-0.4, -0.2) is 4.57 Å². The summed E-state index contributed by atoms with van der Waals surface area (Å²) in [4.78, 5) is 12.4. The molecular formula is C18H19FN2O. The maximum absolute atomic E-state index is 13.1. The van der Waals surface area contributed by atoms with Crippen LogP contribution in [0.2, 0.25) is 0 Å². The number of unbranched alkanes of at least 4 members (excludes halogenated alkanes) is 3. The van der Waals surface area contributed by atoms with Crippen LogP contribution in [0, 0.1) is 17.1 Å². The quantitative estimate of drug-likeness (QED) is 0.753. The van der Waals surface area contributed by atoms with Gasteiger partial charge in [0.05, 0.1) is 5.69 Å². The van der Waals surface area contributed by atoms with Gasteiger partial charge in [0.15, 0.2) is 0 Å². The van der Waals surface area contributed by atoms with Crippen molar-refractivity contribution in [3.8, 4) is 17.3 Å². The van der Waals surface area contributed by atoms with Crippen molar-refractivity contribution in [2.45, 2.75) is 39.2 Å². The molecular weight excluding hydrogens is 279 g/mol. The second-order valence-corrected chi connectivity index (χ2v) is 5.27. The van der Waals surface area contributed by atoms with Crippen molar-refractivity contribution in [1.29, 1.82) is 5.26 Å². The third kappa shape index (κ3) is 3.62. The molecule has 22 heavy (non-hydrogen) atoms. The van der Waals surface area contributed by atoms with Gasteiger partial charge in [-0.3, -0.25) is 4.79 Å². The van der Waals surface area contributed by atoms with Gasteiger partial charge in [-0.15, -0.1) is 0 Å². The van der Waals surface area contributed by atoms with Crippen LogP contribution >= 0.6 is 0 Å². The SMILES string of the molecule is CCCCCCn1c(-c2ccc(F)cc2)ccc(C#N)c1=O. The molecule has 3 nitrogen and oxygen atoms in total. The topological polar surface area (TPSA) is 45.8 Å². The Hall–Kier alpha value is -2.41. The molecule has 0 radical (unpaired) electrons. The minimum atomic E-state index is -0.311. The van der Waals surface area contributed by atoms with Gasteiger partial charge in [-0.25, -0.2) is 4.39 Å². The number of halogens is 1. The molecule has 0 unspecified atom stereocenters. The molecule has 114 valence electrons. The zero-order valence-electron chi connectivity index (χ0n) is 12.7. The van der Waals surface area contributed by atoms with Gasteiger partial charge in [0.1, 0.15) is 17.4 Å². The van der Waals surface area contributed by atoms with Gasteiger partial charge < -0.3 is 4.57 Å². The molecule has 0 atom stereocenters. The van der Waals surface area contributed by atoms with E-state index in [9.17, 15) is 9.18 Å². The first-order valence-electron chi connectivity index (χ1n) is 7.57. The van der Waals surface area contributed by atoms with Crippen LogP contribution in [0.1, 0.15) is 38.2 Å². The Balaban J connectivity index is 2.40. The number of benzene rings is 1.